The molecule has 2 heterocycles. The zero-order valence-electron chi connectivity index (χ0n) is 22.2. The van der Waals surface area contributed by atoms with E-state index in [1.165, 1.54) is 12.0 Å². The molecule has 0 spiro atoms. The Bertz CT molecular complexity index is 1410. The lowest BCUT2D eigenvalue weighted by molar-refractivity contribution is -0.132. The number of aliphatic hydroxyl groups is 1. The van der Waals surface area contributed by atoms with Crippen LogP contribution in [0.4, 0.5) is 5.13 Å². The lowest BCUT2D eigenvalue weighted by Crippen LogP contribution is -2.29. The number of aliphatic hydroxyl groups excluding tert-OH is 1. The second-order valence-corrected chi connectivity index (χ2v) is 9.78. The van der Waals surface area contributed by atoms with Crippen molar-refractivity contribution in [3.63, 3.8) is 0 Å². The monoisotopic (exact) mass is 550 g/mol. The third-order valence-corrected chi connectivity index (χ3v) is 7.34. The second kappa shape index (κ2) is 12.1. The summed E-state index contributed by atoms with van der Waals surface area (Å²) in [7, 11) is 1.49. The van der Waals surface area contributed by atoms with Crippen LogP contribution >= 0.6 is 11.3 Å². The molecule has 1 amide bonds. The molecule has 1 aliphatic rings. The van der Waals surface area contributed by atoms with Crippen LogP contribution in [0.15, 0.2) is 54.1 Å². The molecule has 3 aromatic rings. The summed E-state index contributed by atoms with van der Waals surface area (Å²) in [6, 6.07) is 12.6. The summed E-state index contributed by atoms with van der Waals surface area (Å²) < 4.78 is 16.2. The molecule has 2 aromatic carbocycles. The number of methoxy groups -OCH3 is 1. The highest BCUT2D eigenvalue weighted by atomic mass is 32.1. The van der Waals surface area contributed by atoms with Gasteiger partial charge in [0.1, 0.15) is 22.1 Å². The van der Waals surface area contributed by atoms with Gasteiger partial charge in [0.05, 0.1) is 37.6 Å². The Morgan fingerprint density at radius 3 is 2.51 bits per heavy atom. The SMILES string of the molecule is CCCCOc1ccc(C2C(=C(O)c3cccc(OC)c3)C(=O)C(=O)N2c2nc(C)c(C(=O)OCC)s2)cc1. The summed E-state index contributed by atoms with van der Waals surface area (Å²) in [4.78, 5) is 45.2. The fraction of sp³-hybridized carbons (Fsp3) is 0.310. The molecule has 39 heavy (non-hydrogen) atoms. The van der Waals surface area contributed by atoms with E-state index in [0.29, 0.717) is 34.9 Å². The molecular weight excluding hydrogens is 520 g/mol. The maximum absolute atomic E-state index is 13.4. The Morgan fingerprint density at radius 2 is 1.85 bits per heavy atom. The van der Waals surface area contributed by atoms with Crippen LogP contribution in [-0.4, -0.2) is 48.1 Å². The highest BCUT2D eigenvalue weighted by molar-refractivity contribution is 7.17. The van der Waals surface area contributed by atoms with E-state index < -0.39 is 23.7 Å². The van der Waals surface area contributed by atoms with Crippen LogP contribution in [0.3, 0.4) is 0 Å². The molecule has 0 aliphatic carbocycles. The number of carbonyl (C=O) groups is 3. The number of aromatic nitrogens is 1. The number of Topliss-reactive ketones (excluding diaryl/α,β-unsaturated/α-hetero) is 1. The molecule has 4 rings (SSSR count). The van der Waals surface area contributed by atoms with Crippen molar-refractivity contribution < 1.29 is 33.7 Å². The van der Waals surface area contributed by atoms with Crippen molar-refractivity contribution in [2.24, 2.45) is 0 Å². The number of benzene rings is 2. The van der Waals surface area contributed by atoms with E-state index in [1.807, 2.05) is 0 Å². The Balaban J connectivity index is 1.85. The summed E-state index contributed by atoms with van der Waals surface area (Å²) >= 11 is 0.960. The number of ether oxygens (including phenoxy) is 3. The van der Waals surface area contributed by atoms with Crippen LogP contribution in [0.2, 0.25) is 0 Å². The number of aryl methyl sites for hydroxylation is 1. The van der Waals surface area contributed by atoms with E-state index in [9.17, 15) is 19.5 Å². The molecule has 0 saturated carbocycles. The molecule has 1 N–H and O–H groups in total. The van der Waals surface area contributed by atoms with Crippen molar-refractivity contribution in [2.45, 2.75) is 39.7 Å². The van der Waals surface area contributed by atoms with E-state index >= 15 is 0 Å². The summed E-state index contributed by atoms with van der Waals surface area (Å²) in [6.07, 6.45) is 1.91. The standard InChI is InChI=1S/C29H30N2O7S/c1-5-7-15-38-20-13-11-18(12-14-20)23-22(24(32)19-9-8-10-21(16-19)36-4)25(33)27(34)31(23)29-30-17(3)26(39-29)28(35)37-6-2/h8-14,16,23,32H,5-7,15H2,1-4H3. The quantitative estimate of drug-likeness (QED) is 0.117. The van der Waals surface area contributed by atoms with Gasteiger partial charge in [0, 0.05) is 5.56 Å². The van der Waals surface area contributed by atoms with Gasteiger partial charge in [-0.05, 0) is 50.1 Å². The zero-order valence-corrected chi connectivity index (χ0v) is 23.0. The van der Waals surface area contributed by atoms with Gasteiger partial charge in [0.15, 0.2) is 5.13 Å². The first-order valence-corrected chi connectivity index (χ1v) is 13.4. The first-order valence-electron chi connectivity index (χ1n) is 12.6. The van der Waals surface area contributed by atoms with Crippen LogP contribution in [-0.2, 0) is 14.3 Å². The number of hydrogen-bond donors (Lipinski definition) is 1. The first kappa shape index (κ1) is 27.8. The number of nitrogens with zero attached hydrogens (tertiary/aromatic N) is 2. The van der Waals surface area contributed by atoms with Gasteiger partial charge in [0.2, 0.25) is 0 Å². The normalized spacial score (nSPS) is 16.4. The number of anilines is 1. The van der Waals surface area contributed by atoms with Crippen molar-refractivity contribution in [2.75, 3.05) is 25.2 Å². The maximum atomic E-state index is 13.4. The van der Waals surface area contributed by atoms with Crippen LogP contribution in [0.1, 0.15) is 59.2 Å². The first-order chi connectivity index (χ1) is 18.8. The molecule has 1 atom stereocenters. The van der Waals surface area contributed by atoms with Crippen LogP contribution in [0.25, 0.3) is 5.76 Å². The summed E-state index contributed by atoms with van der Waals surface area (Å²) in [5.74, 6) is -1.51. The Labute approximate surface area is 230 Å². The van der Waals surface area contributed by atoms with Gasteiger partial charge in [-0.3, -0.25) is 14.5 Å². The predicted octanol–water partition coefficient (Wildman–Crippen LogP) is 5.44. The van der Waals surface area contributed by atoms with Gasteiger partial charge >= 0.3 is 11.9 Å². The predicted molar refractivity (Wildman–Crippen MR) is 147 cm³/mol. The molecule has 1 fully saturated rings. The van der Waals surface area contributed by atoms with Crippen molar-refractivity contribution in [1.29, 1.82) is 0 Å². The minimum Gasteiger partial charge on any atom is -0.507 e. The number of unbranched alkanes of at least 4 members (excludes halogenated alkanes) is 1. The van der Waals surface area contributed by atoms with E-state index in [2.05, 4.69) is 11.9 Å². The summed E-state index contributed by atoms with van der Waals surface area (Å²) in [6.45, 7) is 6.16. The van der Waals surface area contributed by atoms with Crippen LogP contribution in [0, 0.1) is 6.92 Å². The Morgan fingerprint density at radius 1 is 1.10 bits per heavy atom. The molecule has 1 aliphatic heterocycles. The number of rotatable bonds is 10. The zero-order chi connectivity index (χ0) is 28.1. The number of thiazole rings is 1. The van der Waals surface area contributed by atoms with Crippen molar-refractivity contribution in [3.05, 3.63) is 75.8 Å². The van der Waals surface area contributed by atoms with E-state index in [-0.39, 0.29) is 27.9 Å². The minimum atomic E-state index is -0.999. The molecule has 9 nitrogen and oxygen atoms in total. The topological polar surface area (TPSA) is 115 Å². The number of carbonyl (C=O) groups excluding carboxylic acids is 3. The lowest BCUT2D eigenvalue weighted by atomic mass is 9.95. The van der Waals surface area contributed by atoms with E-state index in [1.54, 1.807) is 62.4 Å². The second-order valence-electron chi connectivity index (χ2n) is 8.80. The molecule has 0 bridgehead atoms. The summed E-state index contributed by atoms with van der Waals surface area (Å²) in [5.41, 5.74) is 1.16. The van der Waals surface area contributed by atoms with Crippen molar-refractivity contribution in [1.82, 2.24) is 4.98 Å². The van der Waals surface area contributed by atoms with Crippen molar-refractivity contribution >= 4 is 39.9 Å². The number of ketones is 1. The molecule has 1 saturated heterocycles. The number of esters is 1. The van der Waals surface area contributed by atoms with Gasteiger partial charge in [-0.15, -0.1) is 0 Å². The molecule has 1 aromatic heterocycles. The highest BCUT2D eigenvalue weighted by Gasteiger charge is 2.48. The smallest absolute Gasteiger partial charge is 0.350 e. The highest BCUT2D eigenvalue weighted by Crippen LogP contribution is 2.44. The fourth-order valence-electron chi connectivity index (χ4n) is 4.22. The average molecular weight is 551 g/mol. The van der Waals surface area contributed by atoms with Crippen LogP contribution < -0.4 is 14.4 Å². The molecule has 0 radical (unpaired) electrons. The maximum Gasteiger partial charge on any atom is 0.350 e. The van der Waals surface area contributed by atoms with Gasteiger partial charge < -0.3 is 19.3 Å². The largest absolute Gasteiger partial charge is 0.507 e. The minimum absolute atomic E-state index is 0.0987. The number of hydrogen-bond acceptors (Lipinski definition) is 9. The number of amides is 1. The fourth-order valence-corrected chi connectivity index (χ4v) is 5.21. The Hall–Kier alpha value is -4.18. The molecule has 1 unspecified atom stereocenters. The third kappa shape index (κ3) is 5.65. The molecule has 10 heteroatoms. The average Bonchev–Trinajstić information content (AvgIpc) is 3.45. The van der Waals surface area contributed by atoms with Gasteiger partial charge in [0.25, 0.3) is 5.78 Å². The third-order valence-electron chi connectivity index (χ3n) is 6.20. The van der Waals surface area contributed by atoms with Gasteiger partial charge in [-0.25, -0.2) is 9.78 Å². The van der Waals surface area contributed by atoms with E-state index in [0.717, 1.165) is 24.2 Å². The lowest BCUT2D eigenvalue weighted by Gasteiger charge is -2.23. The molecule has 204 valence electrons. The molecular formula is C29H30N2O7S. The van der Waals surface area contributed by atoms with Gasteiger partial charge in [-0.2, -0.15) is 0 Å². The van der Waals surface area contributed by atoms with Gasteiger partial charge in [-0.1, -0.05) is 48.9 Å². The van der Waals surface area contributed by atoms with Crippen LogP contribution in [0.5, 0.6) is 11.5 Å². The van der Waals surface area contributed by atoms with Crippen molar-refractivity contribution in [3.8, 4) is 11.5 Å². The summed E-state index contributed by atoms with van der Waals surface area (Å²) in [5, 5.41) is 11.5. The Kier molecular flexibility index (Phi) is 8.65. The van der Waals surface area contributed by atoms with E-state index in [4.69, 9.17) is 14.2 Å².